The zero-order chi connectivity index (χ0) is 16.8. The van der Waals surface area contributed by atoms with E-state index in [9.17, 15) is 4.79 Å². The maximum atomic E-state index is 12.1. The molecule has 122 valence electrons. The van der Waals surface area contributed by atoms with E-state index in [4.69, 9.17) is 4.74 Å². The fourth-order valence-corrected chi connectivity index (χ4v) is 2.42. The van der Waals surface area contributed by atoms with Crippen LogP contribution in [0, 0.1) is 20.8 Å². The monoisotopic (exact) mass is 311 g/mol. The third-order valence-electron chi connectivity index (χ3n) is 4.07. The van der Waals surface area contributed by atoms with Crippen molar-refractivity contribution in [2.45, 2.75) is 40.2 Å². The lowest BCUT2D eigenvalue weighted by Crippen LogP contribution is -2.32. The third kappa shape index (κ3) is 4.85. The second kappa shape index (κ2) is 7.82. The SMILES string of the molecule is CC[C@@H](NC(=O)COc1ccc(C)cc1)c1ccc(C)c(C)c1. The molecule has 0 fully saturated rings. The van der Waals surface area contributed by atoms with Crippen LogP contribution in [0.15, 0.2) is 42.5 Å². The highest BCUT2D eigenvalue weighted by Gasteiger charge is 2.13. The van der Waals surface area contributed by atoms with Crippen LogP contribution in [0.1, 0.15) is 41.6 Å². The van der Waals surface area contributed by atoms with Crippen molar-refractivity contribution in [1.82, 2.24) is 5.32 Å². The van der Waals surface area contributed by atoms with Crippen LogP contribution in [0.2, 0.25) is 0 Å². The van der Waals surface area contributed by atoms with Crippen molar-refractivity contribution in [2.75, 3.05) is 6.61 Å². The second-order valence-corrected chi connectivity index (χ2v) is 5.97. The normalized spacial score (nSPS) is 11.8. The number of hydrogen-bond donors (Lipinski definition) is 1. The van der Waals surface area contributed by atoms with Gasteiger partial charge in [0.2, 0.25) is 0 Å². The topological polar surface area (TPSA) is 38.3 Å². The zero-order valence-corrected chi connectivity index (χ0v) is 14.3. The van der Waals surface area contributed by atoms with Gasteiger partial charge in [0.15, 0.2) is 6.61 Å². The van der Waals surface area contributed by atoms with Crippen molar-refractivity contribution < 1.29 is 9.53 Å². The molecule has 1 atom stereocenters. The van der Waals surface area contributed by atoms with Gasteiger partial charge in [-0.05, 0) is 56.0 Å². The Labute approximate surface area is 138 Å². The average Bonchev–Trinajstić information content (AvgIpc) is 2.55. The number of carbonyl (C=O) groups excluding carboxylic acids is 1. The molecule has 2 aromatic carbocycles. The van der Waals surface area contributed by atoms with Crippen molar-refractivity contribution >= 4 is 5.91 Å². The summed E-state index contributed by atoms with van der Waals surface area (Å²) in [4.78, 5) is 12.1. The van der Waals surface area contributed by atoms with Crippen molar-refractivity contribution in [3.8, 4) is 5.75 Å². The number of benzene rings is 2. The van der Waals surface area contributed by atoms with E-state index in [1.165, 1.54) is 16.7 Å². The molecule has 0 aliphatic carbocycles. The number of carbonyl (C=O) groups is 1. The first-order valence-electron chi connectivity index (χ1n) is 8.05. The van der Waals surface area contributed by atoms with Crippen LogP contribution in [0.4, 0.5) is 0 Å². The lowest BCUT2D eigenvalue weighted by molar-refractivity contribution is -0.123. The molecule has 0 spiro atoms. The summed E-state index contributed by atoms with van der Waals surface area (Å²) in [5.41, 5.74) is 4.81. The van der Waals surface area contributed by atoms with Gasteiger partial charge in [-0.15, -0.1) is 0 Å². The second-order valence-electron chi connectivity index (χ2n) is 5.97. The molecule has 0 aliphatic heterocycles. The van der Waals surface area contributed by atoms with E-state index in [0.717, 1.165) is 12.0 Å². The summed E-state index contributed by atoms with van der Waals surface area (Å²) < 4.78 is 5.53. The first-order valence-corrected chi connectivity index (χ1v) is 8.05. The summed E-state index contributed by atoms with van der Waals surface area (Å²) in [7, 11) is 0. The first kappa shape index (κ1) is 17.1. The Morgan fingerprint density at radius 3 is 2.35 bits per heavy atom. The largest absolute Gasteiger partial charge is 0.484 e. The maximum Gasteiger partial charge on any atom is 0.258 e. The summed E-state index contributed by atoms with van der Waals surface area (Å²) in [5.74, 6) is 0.612. The van der Waals surface area contributed by atoms with Crippen molar-refractivity contribution in [2.24, 2.45) is 0 Å². The van der Waals surface area contributed by atoms with Crippen LogP contribution in [0.25, 0.3) is 0 Å². The van der Waals surface area contributed by atoms with Gasteiger partial charge < -0.3 is 10.1 Å². The van der Waals surface area contributed by atoms with Gasteiger partial charge >= 0.3 is 0 Å². The fraction of sp³-hybridized carbons (Fsp3) is 0.350. The van der Waals surface area contributed by atoms with Crippen LogP contribution in [0.5, 0.6) is 5.75 Å². The molecule has 0 saturated carbocycles. The summed E-state index contributed by atoms with van der Waals surface area (Å²) in [6.07, 6.45) is 0.846. The third-order valence-corrected chi connectivity index (χ3v) is 4.07. The van der Waals surface area contributed by atoms with Gasteiger partial charge in [0.05, 0.1) is 6.04 Å². The molecule has 0 radical (unpaired) electrons. The van der Waals surface area contributed by atoms with E-state index in [2.05, 4.69) is 44.3 Å². The van der Waals surface area contributed by atoms with Gasteiger partial charge in [0, 0.05) is 0 Å². The van der Waals surface area contributed by atoms with Crippen LogP contribution in [-0.4, -0.2) is 12.5 Å². The number of ether oxygens (including phenoxy) is 1. The highest BCUT2D eigenvalue weighted by molar-refractivity contribution is 5.78. The minimum absolute atomic E-state index is 0.0171. The Morgan fingerprint density at radius 2 is 1.74 bits per heavy atom. The predicted molar refractivity (Wildman–Crippen MR) is 93.8 cm³/mol. The number of rotatable bonds is 6. The minimum Gasteiger partial charge on any atom is -0.484 e. The quantitative estimate of drug-likeness (QED) is 0.865. The standard InChI is InChI=1S/C20H25NO2/c1-5-19(17-9-8-15(3)16(4)12-17)21-20(22)13-23-18-10-6-14(2)7-11-18/h6-12,19H,5,13H2,1-4H3,(H,21,22)/t19-/m1/s1. The zero-order valence-electron chi connectivity index (χ0n) is 14.3. The molecule has 1 N–H and O–H groups in total. The summed E-state index contributed by atoms with van der Waals surface area (Å²) in [6, 6.07) is 14.0. The van der Waals surface area contributed by atoms with Crippen molar-refractivity contribution in [3.05, 3.63) is 64.7 Å². The molecule has 0 bridgehead atoms. The maximum absolute atomic E-state index is 12.1. The Hall–Kier alpha value is -2.29. The van der Waals surface area contributed by atoms with Crippen LogP contribution >= 0.6 is 0 Å². The smallest absolute Gasteiger partial charge is 0.258 e. The molecule has 2 aromatic rings. The predicted octanol–water partition coefficient (Wildman–Crippen LogP) is 4.26. The van der Waals surface area contributed by atoms with Gasteiger partial charge in [0.25, 0.3) is 5.91 Å². The molecule has 2 rings (SSSR count). The van der Waals surface area contributed by atoms with Gasteiger partial charge in [-0.3, -0.25) is 4.79 Å². The molecular formula is C20H25NO2. The molecule has 0 aliphatic rings. The van der Waals surface area contributed by atoms with E-state index < -0.39 is 0 Å². The van der Waals surface area contributed by atoms with Crippen molar-refractivity contribution in [1.29, 1.82) is 0 Å². The molecule has 0 unspecified atom stereocenters. The molecule has 23 heavy (non-hydrogen) atoms. The molecule has 3 nitrogen and oxygen atoms in total. The Balaban J connectivity index is 1.94. The Morgan fingerprint density at radius 1 is 1.04 bits per heavy atom. The Bertz CT molecular complexity index is 662. The Kier molecular flexibility index (Phi) is 5.80. The molecule has 0 aromatic heterocycles. The minimum atomic E-state index is -0.101. The first-order chi connectivity index (χ1) is 11.0. The summed E-state index contributed by atoms with van der Waals surface area (Å²) in [5, 5.41) is 3.05. The van der Waals surface area contributed by atoms with Gasteiger partial charge in [-0.2, -0.15) is 0 Å². The molecule has 0 saturated heterocycles. The molecule has 3 heteroatoms. The van der Waals surface area contributed by atoms with E-state index in [1.807, 2.05) is 31.2 Å². The van der Waals surface area contributed by atoms with Crippen LogP contribution < -0.4 is 10.1 Å². The highest BCUT2D eigenvalue weighted by atomic mass is 16.5. The van der Waals surface area contributed by atoms with E-state index in [1.54, 1.807) is 0 Å². The van der Waals surface area contributed by atoms with Crippen LogP contribution in [0.3, 0.4) is 0 Å². The van der Waals surface area contributed by atoms with E-state index in [0.29, 0.717) is 5.75 Å². The van der Waals surface area contributed by atoms with Gasteiger partial charge in [0.1, 0.15) is 5.75 Å². The fourth-order valence-electron chi connectivity index (χ4n) is 2.42. The van der Waals surface area contributed by atoms with E-state index >= 15 is 0 Å². The summed E-state index contributed by atoms with van der Waals surface area (Å²) >= 11 is 0. The number of aryl methyl sites for hydroxylation is 3. The van der Waals surface area contributed by atoms with E-state index in [-0.39, 0.29) is 18.6 Å². The number of hydrogen-bond acceptors (Lipinski definition) is 2. The van der Waals surface area contributed by atoms with Crippen molar-refractivity contribution in [3.63, 3.8) is 0 Å². The number of nitrogens with one attached hydrogen (secondary N) is 1. The van der Waals surface area contributed by atoms with Gasteiger partial charge in [-0.1, -0.05) is 42.8 Å². The lowest BCUT2D eigenvalue weighted by Gasteiger charge is -2.19. The molecule has 1 amide bonds. The molecular weight excluding hydrogens is 286 g/mol. The van der Waals surface area contributed by atoms with Gasteiger partial charge in [-0.25, -0.2) is 0 Å². The highest BCUT2D eigenvalue weighted by Crippen LogP contribution is 2.20. The number of amides is 1. The van der Waals surface area contributed by atoms with Crippen LogP contribution in [-0.2, 0) is 4.79 Å². The summed E-state index contributed by atoms with van der Waals surface area (Å²) in [6.45, 7) is 8.30. The molecule has 0 heterocycles. The average molecular weight is 311 g/mol. The lowest BCUT2D eigenvalue weighted by atomic mass is 9.99.